The van der Waals surface area contributed by atoms with Crippen LogP contribution in [0.25, 0.3) is 0 Å². The van der Waals surface area contributed by atoms with Crippen molar-refractivity contribution >= 4 is 35.1 Å². The van der Waals surface area contributed by atoms with Gasteiger partial charge in [0.1, 0.15) is 6.04 Å². The van der Waals surface area contributed by atoms with Gasteiger partial charge in [0, 0.05) is 17.1 Å². The number of amides is 3. The number of carbonyl (C=O) groups excluding carboxylic acids is 2. The second-order valence-corrected chi connectivity index (χ2v) is 5.15. The molecule has 0 aliphatic rings. The van der Waals surface area contributed by atoms with Crippen LogP contribution in [0.3, 0.4) is 0 Å². The van der Waals surface area contributed by atoms with Gasteiger partial charge in [-0.2, -0.15) is 0 Å². The molecule has 0 saturated carbocycles. The van der Waals surface area contributed by atoms with Crippen molar-refractivity contribution in [2.45, 2.75) is 19.9 Å². The number of quaternary nitrogens is 1. The molecular weight excluding hydrogens is 301 g/mol. The monoisotopic (exact) mass is 318 g/mol. The number of nitrogens with one attached hydrogen (secondary N) is 2. The summed E-state index contributed by atoms with van der Waals surface area (Å²) in [6.45, 7) is 4.31. The molecule has 0 spiro atoms. The number of benzene rings is 1. The minimum Gasteiger partial charge on any atom is -0.338 e. The van der Waals surface area contributed by atoms with Crippen LogP contribution in [0.1, 0.15) is 25.5 Å². The highest BCUT2D eigenvalue weighted by atomic mass is 35.5. The van der Waals surface area contributed by atoms with Crippen molar-refractivity contribution in [3.05, 3.63) is 33.8 Å². The fraction of sp³-hybridized carbons (Fsp3) is 0.385. The predicted octanol–water partition coefficient (Wildman–Crippen LogP) is 1.46. The van der Waals surface area contributed by atoms with Crippen LogP contribution in [-0.2, 0) is 4.79 Å². The predicted molar refractivity (Wildman–Crippen MR) is 78.9 cm³/mol. The number of hydrogen-bond acceptors (Lipinski definition) is 2. The Balaban J connectivity index is 2.48. The van der Waals surface area contributed by atoms with E-state index in [9.17, 15) is 9.59 Å². The lowest BCUT2D eigenvalue weighted by Crippen LogP contribution is -2.87. The first kappa shape index (κ1) is 16.8. The van der Waals surface area contributed by atoms with Crippen LogP contribution in [0.4, 0.5) is 4.79 Å². The van der Waals surface area contributed by atoms with E-state index in [0.29, 0.717) is 16.6 Å². The maximum atomic E-state index is 11.5. The quantitative estimate of drug-likeness (QED) is 0.769. The van der Waals surface area contributed by atoms with Gasteiger partial charge < -0.3 is 10.6 Å². The number of nitrogens with two attached hydrogens (primary N) is 1. The molecule has 0 saturated heterocycles. The molecule has 0 bridgehead atoms. The summed E-state index contributed by atoms with van der Waals surface area (Å²) in [7, 11) is 0. The van der Waals surface area contributed by atoms with Gasteiger partial charge in [-0.05, 0) is 26.0 Å². The molecule has 5 nitrogen and oxygen atoms in total. The standard InChI is InChI=1S/C13H17Cl2N3O2/c1-3-16-13(20)18-12(19)7-17-8(2)10-5-4-9(14)6-11(10)15/h4-6,8,17H,3,7H2,1-2H3,(H2,16,18,19,20)/p+1/t8-/m1/s1. The topological polar surface area (TPSA) is 74.8 Å². The van der Waals surface area contributed by atoms with Gasteiger partial charge in [-0.1, -0.05) is 29.3 Å². The second-order valence-electron chi connectivity index (χ2n) is 4.30. The van der Waals surface area contributed by atoms with Crippen molar-refractivity contribution in [2.75, 3.05) is 13.1 Å². The molecule has 0 aliphatic heterocycles. The van der Waals surface area contributed by atoms with E-state index in [1.807, 2.05) is 13.0 Å². The first-order valence-electron chi connectivity index (χ1n) is 6.30. The first-order valence-corrected chi connectivity index (χ1v) is 7.05. The Kier molecular flexibility index (Phi) is 6.78. The van der Waals surface area contributed by atoms with Crippen LogP contribution in [0.15, 0.2) is 18.2 Å². The Hall–Kier alpha value is -1.30. The molecule has 1 rings (SSSR count). The normalized spacial score (nSPS) is 11.8. The maximum absolute atomic E-state index is 11.5. The lowest BCUT2D eigenvalue weighted by Gasteiger charge is -2.12. The molecule has 0 fully saturated rings. The van der Waals surface area contributed by atoms with Gasteiger partial charge in [0.2, 0.25) is 0 Å². The van der Waals surface area contributed by atoms with Crippen LogP contribution in [0.2, 0.25) is 10.0 Å². The second kappa shape index (κ2) is 8.09. The summed E-state index contributed by atoms with van der Waals surface area (Å²) in [6, 6.07) is 4.75. The van der Waals surface area contributed by atoms with Gasteiger partial charge in [-0.15, -0.1) is 0 Å². The van der Waals surface area contributed by atoms with E-state index in [0.717, 1.165) is 5.56 Å². The minimum absolute atomic E-state index is 0.0141. The van der Waals surface area contributed by atoms with Crippen molar-refractivity contribution in [3.63, 3.8) is 0 Å². The molecule has 1 aromatic rings. The van der Waals surface area contributed by atoms with Crippen molar-refractivity contribution in [1.82, 2.24) is 10.6 Å². The molecule has 0 unspecified atom stereocenters. The summed E-state index contributed by atoms with van der Waals surface area (Å²) in [4.78, 5) is 22.7. The molecule has 4 N–H and O–H groups in total. The first-order chi connectivity index (χ1) is 9.43. The minimum atomic E-state index is -0.483. The molecule has 7 heteroatoms. The third kappa shape index (κ3) is 5.36. The van der Waals surface area contributed by atoms with E-state index < -0.39 is 6.03 Å². The Morgan fingerprint density at radius 3 is 2.65 bits per heavy atom. The average molecular weight is 319 g/mol. The van der Waals surface area contributed by atoms with E-state index in [4.69, 9.17) is 23.2 Å². The summed E-state index contributed by atoms with van der Waals surface area (Å²) in [5.74, 6) is -0.354. The summed E-state index contributed by atoms with van der Waals surface area (Å²) >= 11 is 11.9. The fourth-order valence-corrected chi connectivity index (χ4v) is 2.24. The van der Waals surface area contributed by atoms with Gasteiger partial charge in [0.25, 0.3) is 5.91 Å². The zero-order valence-corrected chi connectivity index (χ0v) is 12.9. The van der Waals surface area contributed by atoms with E-state index in [1.165, 1.54) is 0 Å². The van der Waals surface area contributed by atoms with Gasteiger partial charge in [0.15, 0.2) is 6.54 Å². The van der Waals surface area contributed by atoms with E-state index in [-0.39, 0.29) is 18.5 Å². The molecule has 3 amide bonds. The molecule has 0 heterocycles. The molecule has 1 atom stereocenters. The zero-order chi connectivity index (χ0) is 15.1. The van der Waals surface area contributed by atoms with Crippen molar-refractivity contribution in [2.24, 2.45) is 0 Å². The molecule has 0 aliphatic carbocycles. The summed E-state index contributed by atoms with van der Waals surface area (Å²) in [5, 5.41) is 7.65. The summed E-state index contributed by atoms with van der Waals surface area (Å²) < 4.78 is 0. The highest BCUT2D eigenvalue weighted by Gasteiger charge is 2.15. The Labute approximate surface area is 128 Å². The van der Waals surface area contributed by atoms with Crippen LogP contribution in [0, 0.1) is 0 Å². The molecular formula is C13H18Cl2N3O2+. The van der Waals surface area contributed by atoms with Crippen LogP contribution >= 0.6 is 23.2 Å². The van der Waals surface area contributed by atoms with Gasteiger partial charge >= 0.3 is 6.03 Å². The van der Waals surface area contributed by atoms with Crippen LogP contribution in [0.5, 0.6) is 0 Å². The van der Waals surface area contributed by atoms with E-state index >= 15 is 0 Å². The van der Waals surface area contributed by atoms with Gasteiger partial charge in [-0.3, -0.25) is 10.1 Å². The maximum Gasteiger partial charge on any atom is 0.321 e. The van der Waals surface area contributed by atoms with Gasteiger partial charge in [0.05, 0.1) is 5.02 Å². The van der Waals surface area contributed by atoms with Crippen LogP contribution < -0.4 is 16.0 Å². The molecule has 1 aromatic carbocycles. The number of halogens is 2. The summed E-state index contributed by atoms with van der Waals surface area (Å²) in [6.07, 6.45) is 0. The number of hydrogen-bond donors (Lipinski definition) is 3. The zero-order valence-electron chi connectivity index (χ0n) is 11.4. The highest BCUT2D eigenvalue weighted by molar-refractivity contribution is 6.35. The lowest BCUT2D eigenvalue weighted by molar-refractivity contribution is -0.682. The molecule has 20 heavy (non-hydrogen) atoms. The smallest absolute Gasteiger partial charge is 0.321 e. The number of urea groups is 1. The van der Waals surface area contributed by atoms with Gasteiger partial charge in [-0.25, -0.2) is 4.79 Å². The Morgan fingerprint density at radius 1 is 1.35 bits per heavy atom. The SMILES string of the molecule is CCNC(=O)NC(=O)C[NH2+][C@H](C)c1ccc(Cl)cc1Cl. The highest BCUT2D eigenvalue weighted by Crippen LogP contribution is 2.24. The number of carbonyl (C=O) groups is 2. The van der Waals surface area contributed by atoms with Crippen molar-refractivity contribution < 1.29 is 14.9 Å². The summed E-state index contributed by atoms with van der Waals surface area (Å²) in [5.41, 5.74) is 0.891. The largest absolute Gasteiger partial charge is 0.338 e. The number of imide groups is 1. The molecule has 0 radical (unpaired) electrons. The fourth-order valence-electron chi connectivity index (χ4n) is 1.66. The Bertz CT molecular complexity index is 495. The number of rotatable bonds is 5. The third-order valence-electron chi connectivity index (χ3n) is 2.70. The lowest BCUT2D eigenvalue weighted by atomic mass is 10.1. The van der Waals surface area contributed by atoms with E-state index in [1.54, 1.807) is 24.4 Å². The average Bonchev–Trinajstić information content (AvgIpc) is 2.36. The Morgan fingerprint density at radius 2 is 2.05 bits per heavy atom. The van der Waals surface area contributed by atoms with Crippen LogP contribution in [-0.4, -0.2) is 25.0 Å². The van der Waals surface area contributed by atoms with Crippen molar-refractivity contribution in [1.29, 1.82) is 0 Å². The van der Waals surface area contributed by atoms with E-state index in [2.05, 4.69) is 10.6 Å². The molecule has 110 valence electrons. The molecule has 0 aromatic heterocycles. The third-order valence-corrected chi connectivity index (χ3v) is 3.26. The van der Waals surface area contributed by atoms with Crippen molar-refractivity contribution in [3.8, 4) is 0 Å².